The van der Waals surface area contributed by atoms with E-state index in [2.05, 4.69) is 21.1 Å². The molecule has 20 heavy (non-hydrogen) atoms. The van der Waals surface area contributed by atoms with Crippen molar-refractivity contribution in [2.75, 3.05) is 0 Å². The van der Waals surface area contributed by atoms with E-state index in [1.165, 1.54) is 12.1 Å². The number of oxime groups is 1. The second-order valence-corrected chi connectivity index (χ2v) is 5.05. The van der Waals surface area contributed by atoms with Crippen molar-refractivity contribution in [2.24, 2.45) is 10.9 Å². The van der Waals surface area contributed by atoms with Crippen LogP contribution in [0.2, 0.25) is 0 Å². The molecule has 0 fully saturated rings. The van der Waals surface area contributed by atoms with E-state index in [-0.39, 0.29) is 11.6 Å². The zero-order chi connectivity index (χ0) is 14.7. The highest BCUT2D eigenvalue weighted by molar-refractivity contribution is 9.10. The van der Waals surface area contributed by atoms with Crippen molar-refractivity contribution in [1.82, 2.24) is 0 Å². The largest absolute Gasteiger partial charge is 0.454 e. The lowest BCUT2D eigenvalue weighted by molar-refractivity contribution is 0.318. The average Bonchev–Trinajstić information content (AvgIpc) is 2.41. The molecule has 0 aliphatic carbocycles. The average molecular weight is 339 g/mol. The van der Waals surface area contributed by atoms with Crippen molar-refractivity contribution in [3.63, 3.8) is 0 Å². The van der Waals surface area contributed by atoms with Crippen molar-refractivity contribution < 1.29 is 14.3 Å². The minimum Gasteiger partial charge on any atom is -0.454 e. The number of nitrogens with two attached hydrogens (primary N) is 1. The summed E-state index contributed by atoms with van der Waals surface area (Å²) in [6, 6.07) is 9.52. The number of benzene rings is 2. The lowest BCUT2D eigenvalue weighted by atomic mass is 10.1. The molecule has 0 saturated carbocycles. The molecule has 0 unspecified atom stereocenters. The number of halogens is 2. The minimum atomic E-state index is -0.461. The number of nitrogens with zero attached hydrogens (tertiary/aromatic N) is 1. The Labute approximate surface area is 123 Å². The molecule has 0 aromatic heterocycles. The second-order valence-electron chi connectivity index (χ2n) is 4.14. The fourth-order valence-corrected chi connectivity index (χ4v) is 2.06. The SMILES string of the molecule is Cc1cc(Oc2ccc(Br)cc2F)ccc1/C(N)=N/O. The van der Waals surface area contributed by atoms with Crippen LogP contribution >= 0.6 is 15.9 Å². The Bertz CT molecular complexity index is 674. The van der Waals surface area contributed by atoms with Gasteiger partial charge in [-0.25, -0.2) is 4.39 Å². The molecule has 0 spiro atoms. The first kappa shape index (κ1) is 14.3. The predicted molar refractivity (Wildman–Crippen MR) is 77.9 cm³/mol. The van der Waals surface area contributed by atoms with Gasteiger partial charge in [0.2, 0.25) is 0 Å². The van der Waals surface area contributed by atoms with Crippen molar-refractivity contribution >= 4 is 21.8 Å². The van der Waals surface area contributed by atoms with Crippen LogP contribution in [0.15, 0.2) is 46.0 Å². The number of amidine groups is 1. The fraction of sp³-hybridized carbons (Fsp3) is 0.0714. The monoisotopic (exact) mass is 338 g/mol. The highest BCUT2D eigenvalue weighted by atomic mass is 79.9. The molecular weight excluding hydrogens is 327 g/mol. The molecule has 0 saturated heterocycles. The molecule has 4 nitrogen and oxygen atoms in total. The van der Waals surface area contributed by atoms with Gasteiger partial charge in [0.1, 0.15) is 5.75 Å². The first-order valence-corrected chi connectivity index (χ1v) is 6.52. The van der Waals surface area contributed by atoms with Crippen LogP contribution in [0.25, 0.3) is 0 Å². The third-order valence-electron chi connectivity index (χ3n) is 2.70. The zero-order valence-electron chi connectivity index (χ0n) is 10.6. The summed E-state index contributed by atoms with van der Waals surface area (Å²) in [6.45, 7) is 1.79. The van der Waals surface area contributed by atoms with E-state index in [1.54, 1.807) is 31.2 Å². The van der Waals surface area contributed by atoms with Crippen LogP contribution in [-0.2, 0) is 0 Å². The molecular formula is C14H12BrFN2O2. The van der Waals surface area contributed by atoms with Gasteiger partial charge in [-0.05, 0) is 48.9 Å². The molecule has 0 aliphatic heterocycles. The summed E-state index contributed by atoms with van der Waals surface area (Å²) < 4.78 is 19.8. The first-order valence-electron chi connectivity index (χ1n) is 5.72. The van der Waals surface area contributed by atoms with Crippen molar-refractivity contribution in [3.05, 3.63) is 57.8 Å². The van der Waals surface area contributed by atoms with Gasteiger partial charge in [-0.2, -0.15) is 0 Å². The second kappa shape index (κ2) is 5.92. The highest BCUT2D eigenvalue weighted by Crippen LogP contribution is 2.28. The standard InChI is InChI=1S/C14H12BrFN2O2/c1-8-6-10(3-4-11(8)14(17)18-19)20-13-5-2-9(15)7-12(13)16/h2-7,19H,1H3,(H2,17,18). The van der Waals surface area contributed by atoms with Crippen molar-refractivity contribution in [2.45, 2.75) is 6.92 Å². The minimum absolute atomic E-state index is 0.0175. The lowest BCUT2D eigenvalue weighted by Crippen LogP contribution is -2.14. The van der Waals surface area contributed by atoms with E-state index >= 15 is 0 Å². The third-order valence-corrected chi connectivity index (χ3v) is 3.20. The molecule has 2 aromatic carbocycles. The molecule has 0 atom stereocenters. The summed E-state index contributed by atoms with van der Waals surface area (Å²) in [5.74, 6) is 0.156. The van der Waals surface area contributed by atoms with Crippen LogP contribution in [0.5, 0.6) is 11.5 Å². The molecule has 2 rings (SSSR count). The number of aryl methyl sites for hydroxylation is 1. The van der Waals surface area contributed by atoms with E-state index in [4.69, 9.17) is 15.7 Å². The maximum absolute atomic E-state index is 13.7. The summed E-state index contributed by atoms with van der Waals surface area (Å²) in [4.78, 5) is 0. The summed E-state index contributed by atoms with van der Waals surface area (Å²) in [6.07, 6.45) is 0. The highest BCUT2D eigenvalue weighted by Gasteiger charge is 2.08. The maximum atomic E-state index is 13.7. The Morgan fingerprint density at radius 3 is 2.65 bits per heavy atom. The Balaban J connectivity index is 2.29. The van der Waals surface area contributed by atoms with Gasteiger partial charge >= 0.3 is 0 Å². The Morgan fingerprint density at radius 1 is 1.30 bits per heavy atom. The van der Waals surface area contributed by atoms with Gasteiger partial charge in [0.05, 0.1) is 0 Å². The van der Waals surface area contributed by atoms with Crippen LogP contribution in [0.1, 0.15) is 11.1 Å². The van der Waals surface area contributed by atoms with E-state index < -0.39 is 5.82 Å². The van der Waals surface area contributed by atoms with E-state index in [0.29, 0.717) is 15.8 Å². The van der Waals surface area contributed by atoms with E-state index in [9.17, 15) is 4.39 Å². The molecule has 0 bridgehead atoms. The Hall–Kier alpha value is -2.08. The van der Waals surface area contributed by atoms with E-state index in [1.807, 2.05) is 0 Å². The van der Waals surface area contributed by atoms with Gasteiger partial charge < -0.3 is 15.7 Å². The predicted octanol–water partition coefficient (Wildman–Crippen LogP) is 3.78. The quantitative estimate of drug-likeness (QED) is 0.387. The third kappa shape index (κ3) is 3.08. The Kier molecular flexibility index (Phi) is 4.24. The topological polar surface area (TPSA) is 67.8 Å². The van der Waals surface area contributed by atoms with Crippen molar-refractivity contribution in [1.29, 1.82) is 0 Å². The van der Waals surface area contributed by atoms with Crippen molar-refractivity contribution in [3.8, 4) is 11.5 Å². The fourth-order valence-electron chi connectivity index (χ4n) is 1.73. The van der Waals surface area contributed by atoms with Crippen LogP contribution in [-0.4, -0.2) is 11.0 Å². The van der Waals surface area contributed by atoms with Gasteiger partial charge in [0.15, 0.2) is 17.4 Å². The normalized spacial score (nSPS) is 11.4. The molecule has 0 heterocycles. The molecule has 0 radical (unpaired) electrons. The van der Waals surface area contributed by atoms with Crippen LogP contribution in [0.3, 0.4) is 0 Å². The van der Waals surface area contributed by atoms with Gasteiger partial charge in [-0.3, -0.25) is 0 Å². The smallest absolute Gasteiger partial charge is 0.170 e. The molecule has 104 valence electrons. The summed E-state index contributed by atoms with van der Waals surface area (Å²) in [5.41, 5.74) is 6.89. The van der Waals surface area contributed by atoms with Gasteiger partial charge in [-0.15, -0.1) is 0 Å². The summed E-state index contributed by atoms with van der Waals surface area (Å²) in [7, 11) is 0. The molecule has 3 N–H and O–H groups in total. The van der Waals surface area contributed by atoms with Crippen LogP contribution in [0, 0.1) is 12.7 Å². The van der Waals surface area contributed by atoms with Gasteiger partial charge in [-0.1, -0.05) is 21.1 Å². The lowest BCUT2D eigenvalue weighted by Gasteiger charge is -2.10. The number of hydrogen-bond acceptors (Lipinski definition) is 3. The summed E-state index contributed by atoms with van der Waals surface area (Å²) >= 11 is 3.18. The zero-order valence-corrected chi connectivity index (χ0v) is 12.2. The summed E-state index contributed by atoms with van der Waals surface area (Å²) in [5, 5.41) is 11.6. The number of ether oxygens (including phenoxy) is 1. The number of rotatable bonds is 3. The van der Waals surface area contributed by atoms with Crippen LogP contribution in [0.4, 0.5) is 4.39 Å². The van der Waals surface area contributed by atoms with E-state index in [0.717, 1.165) is 5.56 Å². The maximum Gasteiger partial charge on any atom is 0.170 e. The van der Waals surface area contributed by atoms with Gasteiger partial charge in [0.25, 0.3) is 0 Å². The molecule has 2 aromatic rings. The Morgan fingerprint density at radius 2 is 2.05 bits per heavy atom. The van der Waals surface area contributed by atoms with Crippen LogP contribution < -0.4 is 10.5 Å². The molecule has 6 heteroatoms. The number of hydrogen-bond donors (Lipinski definition) is 2. The molecule has 0 aliphatic rings. The molecule has 0 amide bonds. The van der Waals surface area contributed by atoms with Gasteiger partial charge in [0, 0.05) is 10.0 Å². The first-order chi connectivity index (χ1) is 9.51.